The van der Waals surface area contributed by atoms with Crippen molar-refractivity contribution < 1.29 is 9.47 Å². The fourth-order valence-corrected chi connectivity index (χ4v) is 2.94. The smallest absolute Gasteiger partial charge is 0.123 e. The fourth-order valence-electron chi connectivity index (χ4n) is 2.94. The molecule has 1 N–H and O–H groups in total. The first kappa shape index (κ1) is 15.3. The Labute approximate surface area is 122 Å². The molecule has 3 nitrogen and oxygen atoms in total. The normalized spacial score (nSPS) is 20.1. The van der Waals surface area contributed by atoms with Gasteiger partial charge in [-0.05, 0) is 50.8 Å². The van der Waals surface area contributed by atoms with Crippen LogP contribution in [-0.4, -0.2) is 26.4 Å². The summed E-state index contributed by atoms with van der Waals surface area (Å²) in [5.41, 5.74) is 2.50. The van der Waals surface area contributed by atoms with E-state index in [1.165, 1.54) is 24.0 Å². The van der Waals surface area contributed by atoms with E-state index < -0.39 is 0 Å². The van der Waals surface area contributed by atoms with Gasteiger partial charge in [-0.2, -0.15) is 0 Å². The van der Waals surface area contributed by atoms with Crippen LogP contribution in [-0.2, 0) is 4.74 Å². The molecule has 2 atom stereocenters. The van der Waals surface area contributed by atoms with Crippen LogP contribution in [0.2, 0.25) is 0 Å². The van der Waals surface area contributed by atoms with Crippen molar-refractivity contribution in [2.24, 2.45) is 0 Å². The summed E-state index contributed by atoms with van der Waals surface area (Å²) in [5, 5.41) is 3.58. The highest BCUT2D eigenvalue weighted by Crippen LogP contribution is 2.30. The second kappa shape index (κ2) is 7.65. The second-order valence-electron chi connectivity index (χ2n) is 5.57. The number of hydrogen-bond donors (Lipinski definition) is 1. The lowest BCUT2D eigenvalue weighted by Crippen LogP contribution is -2.23. The van der Waals surface area contributed by atoms with E-state index in [2.05, 4.69) is 37.4 Å². The van der Waals surface area contributed by atoms with Crippen molar-refractivity contribution in [3.05, 3.63) is 29.3 Å². The molecule has 1 aromatic rings. The van der Waals surface area contributed by atoms with Crippen LogP contribution in [0.5, 0.6) is 5.75 Å². The standard InChI is InChI=1S/C17H27NO2/c1-4-18-16(10-8-14-6-5-11-20-14)15-9-7-13(2)12-17(15)19-3/h7,9,12,14,16,18H,4-6,8,10-11H2,1-3H3. The summed E-state index contributed by atoms with van der Waals surface area (Å²) in [4.78, 5) is 0. The van der Waals surface area contributed by atoms with Crippen LogP contribution in [0.4, 0.5) is 0 Å². The van der Waals surface area contributed by atoms with Crippen LogP contribution < -0.4 is 10.1 Å². The summed E-state index contributed by atoms with van der Waals surface area (Å²) in [5.74, 6) is 0.989. The zero-order valence-corrected chi connectivity index (χ0v) is 12.9. The van der Waals surface area contributed by atoms with E-state index in [1.54, 1.807) is 7.11 Å². The molecule has 2 rings (SSSR count). The first-order valence-electron chi connectivity index (χ1n) is 7.74. The molecule has 1 saturated heterocycles. The van der Waals surface area contributed by atoms with Crippen molar-refractivity contribution >= 4 is 0 Å². The average Bonchev–Trinajstić information content (AvgIpc) is 2.97. The Balaban J connectivity index is 2.06. The van der Waals surface area contributed by atoms with Crippen molar-refractivity contribution in [1.29, 1.82) is 0 Å². The molecule has 112 valence electrons. The van der Waals surface area contributed by atoms with E-state index in [1.807, 2.05) is 0 Å². The van der Waals surface area contributed by atoms with Gasteiger partial charge in [-0.1, -0.05) is 19.1 Å². The molecule has 1 heterocycles. The summed E-state index contributed by atoms with van der Waals surface area (Å²) in [6.07, 6.45) is 5.09. The lowest BCUT2D eigenvalue weighted by Gasteiger charge is -2.22. The zero-order valence-electron chi connectivity index (χ0n) is 12.9. The predicted molar refractivity (Wildman–Crippen MR) is 82.4 cm³/mol. The van der Waals surface area contributed by atoms with Gasteiger partial charge in [-0.3, -0.25) is 0 Å². The van der Waals surface area contributed by atoms with E-state index in [4.69, 9.17) is 9.47 Å². The van der Waals surface area contributed by atoms with E-state index in [0.717, 1.165) is 31.7 Å². The van der Waals surface area contributed by atoms with Gasteiger partial charge in [0.2, 0.25) is 0 Å². The second-order valence-corrected chi connectivity index (χ2v) is 5.57. The van der Waals surface area contributed by atoms with Gasteiger partial charge in [0.05, 0.1) is 13.2 Å². The molecule has 0 saturated carbocycles. The third-order valence-electron chi connectivity index (χ3n) is 4.02. The quantitative estimate of drug-likeness (QED) is 0.826. The summed E-state index contributed by atoms with van der Waals surface area (Å²) in [6.45, 7) is 6.15. The number of methoxy groups -OCH3 is 1. The Morgan fingerprint density at radius 1 is 1.45 bits per heavy atom. The number of rotatable bonds is 7. The Kier molecular flexibility index (Phi) is 5.86. The van der Waals surface area contributed by atoms with E-state index in [9.17, 15) is 0 Å². The minimum Gasteiger partial charge on any atom is -0.496 e. The molecule has 0 amide bonds. The molecule has 1 aromatic carbocycles. The van der Waals surface area contributed by atoms with Gasteiger partial charge < -0.3 is 14.8 Å². The average molecular weight is 277 g/mol. The van der Waals surface area contributed by atoms with Gasteiger partial charge in [-0.25, -0.2) is 0 Å². The van der Waals surface area contributed by atoms with Gasteiger partial charge in [0, 0.05) is 18.2 Å². The van der Waals surface area contributed by atoms with Crippen molar-refractivity contribution in [1.82, 2.24) is 5.32 Å². The predicted octanol–water partition coefficient (Wildman–Crippen LogP) is 3.61. The number of hydrogen-bond acceptors (Lipinski definition) is 3. The Bertz CT molecular complexity index is 413. The highest BCUT2D eigenvalue weighted by molar-refractivity contribution is 5.39. The molecule has 20 heavy (non-hydrogen) atoms. The van der Waals surface area contributed by atoms with Crippen LogP contribution in [0.1, 0.15) is 49.8 Å². The van der Waals surface area contributed by atoms with Crippen LogP contribution >= 0.6 is 0 Å². The maximum Gasteiger partial charge on any atom is 0.123 e. The van der Waals surface area contributed by atoms with Gasteiger partial charge >= 0.3 is 0 Å². The Hall–Kier alpha value is -1.06. The summed E-state index contributed by atoms with van der Waals surface area (Å²) >= 11 is 0. The van der Waals surface area contributed by atoms with Crippen LogP contribution in [0, 0.1) is 6.92 Å². The van der Waals surface area contributed by atoms with Gasteiger partial charge in [-0.15, -0.1) is 0 Å². The molecular formula is C17H27NO2. The highest BCUT2D eigenvalue weighted by atomic mass is 16.5. The molecule has 1 aliphatic rings. The molecule has 1 aliphatic heterocycles. The van der Waals surface area contributed by atoms with Crippen molar-refractivity contribution in [2.45, 2.75) is 51.7 Å². The van der Waals surface area contributed by atoms with Crippen molar-refractivity contribution in [2.75, 3.05) is 20.3 Å². The first-order chi connectivity index (χ1) is 9.74. The number of nitrogens with one attached hydrogen (secondary N) is 1. The summed E-state index contributed by atoms with van der Waals surface area (Å²) < 4.78 is 11.3. The van der Waals surface area contributed by atoms with E-state index in [0.29, 0.717) is 12.1 Å². The monoisotopic (exact) mass is 277 g/mol. The number of aryl methyl sites for hydroxylation is 1. The zero-order chi connectivity index (χ0) is 14.4. The fraction of sp³-hybridized carbons (Fsp3) is 0.647. The summed E-state index contributed by atoms with van der Waals surface area (Å²) in [6, 6.07) is 6.82. The minimum absolute atomic E-state index is 0.347. The first-order valence-corrected chi connectivity index (χ1v) is 7.74. The lowest BCUT2D eigenvalue weighted by atomic mass is 9.97. The largest absolute Gasteiger partial charge is 0.496 e. The number of ether oxygens (including phenoxy) is 2. The van der Waals surface area contributed by atoms with Crippen molar-refractivity contribution in [3.63, 3.8) is 0 Å². The molecular weight excluding hydrogens is 250 g/mol. The highest BCUT2D eigenvalue weighted by Gasteiger charge is 2.20. The van der Waals surface area contributed by atoms with Gasteiger partial charge in [0.25, 0.3) is 0 Å². The third-order valence-corrected chi connectivity index (χ3v) is 4.02. The molecule has 0 radical (unpaired) electrons. The van der Waals surface area contributed by atoms with E-state index >= 15 is 0 Å². The SMILES string of the molecule is CCNC(CCC1CCCO1)c1ccc(C)cc1OC. The molecule has 0 aromatic heterocycles. The molecule has 0 bridgehead atoms. The minimum atomic E-state index is 0.347. The molecule has 1 fully saturated rings. The van der Waals surface area contributed by atoms with Crippen LogP contribution in [0.25, 0.3) is 0 Å². The molecule has 0 aliphatic carbocycles. The van der Waals surface area contributed by atoms with Crippen LogP contribution in [0.3, 0.4) is 0 Å². The maximum atomic E-state index is 5.73. The summed E-state index contributed by atoms with van der Waals surface area (Å²) in [7, 11) is 1.75. The van der Waals surface area contributed by atoms with E-state index in [-0.39, 0.29) is 0 Å². The van der Waals surface area contributed by atoms with Crippen LogP contribution in [0.15, 0.2) is 18.2 Å². The Morgan fingerprint density at radius 3 is 2.95 bits per heavy atom. The molecule has 0 spiro atoms. The lowest BCUT2D eigenvalue weighted by molar-refractivity contribution is 0.0995. The Morgan fingerprint density at radius 2 is 2.30 bits per heavy atom. The number of benzene rings is 1. The van der Waals surface area contributed by atoms with Crippen molar-refractivity contribution in [3.8, 4) is 5.75 Å². The maximum absolute atomic E-state index is 5.73. The van der Waals surface area contributed by atoms with Gasteiger partial charge in [0.1, 0.15) is 5.75 Å². The van der Waals surface area contributed by atoms with Gasteiger partial charge in [0.15, 0.2) is 0 Å². The topological polar surface area (TPSA) is 30.5 Å². The molecule has 2 unspecified atom stereocenters. The third kappa shape index (κ3) is 3.97. The molecule has 3 heteroatoms.